The number of unbranched alkanes of at least 4 members (excludes halogenated alkanes) is 12. The zero-order valence-electron chi connectivity index (χ0n) is 14.3. The fourth-order valence-electron chi connectivity index (χ4n) is 2.39. The van der Waals surface area contributed by atoms with E-state index in [1.807, 2.05) is 21.6 Å². The van der Waals surface area contributed by atoms with Gasteiger partial charge in [0.25, 0.3) is 0 Å². The van der Waals surface area contributed by atoms with E-state index >= 15 is 0 Å². The van der Waals surface area contributed by atoms with Crippen molar-refractivity contribution < 1.29 is 5.11 Å². The van der Waals surface area contributed by atoms with Crippen molar-refractivity contribution in [2.45, 2.75) is 96.8 Å². The second kappa shape index (κ2) is 20.7. The van der Waals surface area contributed by atoms with Crippen LogP contribution in [0, 0.1) is 0 Å². The molecule has 0 fully saturated rings. The van der Waals surface area contributed by atoms with E-state index in [4.69, 9.17) is 5.11 Å². The lowest BCUT2D eigenvalue weighted by atomic mass is 10.1. The van der Waals surface area contributed by atoms with E-state index in [1.165, 1.54) is 88.6 Å². The van der Waals surface area contributed by atoms with Crippen LogP contribution >= 0.6 is 21.6 Å². The molecule has 128 valence electrons. The average Bonchev–Trinajstić information content (AvgIpc) is 2.50. The summed E-state index contributed by atoms with van der Waals surface area (Å²) in [6.45, 7) is 2.64. The first-order chi connectivity index (χ1) is 10.4. The fraction of sp³-hybridized carbons (Fsp3) is 1.00. The van der Waals surface area contributed by atoms with Crippen LogP contribution in [-0.4, -0.2) is 23.2 Å². The molecule has 0 amide bonds. The zero-order valence-corrected chi connectivity index (χ0v) is 15.9. The van der Waals surface area contributed by atoms with Gasteiger partial charge >= 0.3 is 0 Å². The van der Waals surface area contributed by atoms with Crippen LogP contribution in [0.4, 0.5) is 0 Å². The first kappa shape index (κ1) is 21.7. The Balaban J connectivity index is 2.90. The van der Waals surface area contributed by atoms with Gasteiger partial charge in [0.2, 0.25) is 0 Å². The predicted molar refractivity (Wildman–Crippen MR) is 102 cm³/mol. The van der Waals surface area contributed by atoms with E-state index in [9.17, 15) is 0 Å². The molecule has 0 spiro atoms. The van der Waals surface area contributed by atoms with Crippen LogP contribution in [0.15, 0.2) is 0 Å². The van der Waals surface area contributed by atoms with Gasteiger partial charge in [-0.2, -0.15) is 0 Å². The summed E-state index contributed by atoms with van der Waals surface area (Å²) in [5.74, 6) is 2.50. The minimum atomic E-state index is 0.351. The molecular formula is C18H38OS2. The normalized spacial score (nSPS) is 11.1. The maximum atomic E-state index is 8.68. The van der Waals surface area contributed by atoms with Gasteiger partial charge in [-0.1, -0.05) is 99.1 Å². The van der Waals surface area contributed by atoms with Crippen molar-refractivity contribution in [3.63, 3.8) is 0 Å². The van der Waals surface area contributed by atoms with Crippen molar-refractivity contribution in [2.24, 2.45) is 0 Å². The Labute approximate surface area is 141 Å². The predicted octanol–water partition coefficient (Wildman–Crippen LogP) is 6.84. The van der Waals surface area contributed by atoms with Crippen molar-refractivity contribution in [3.8, 4) is 0 Å². The Hall–Kier alpha value is 0.660. The summed E-state index contributed by atoms with van der Waals surface area (Å²) in [6, 6.07) is 0. The molecule has 0 saturated heterocycles. The summed E-state index contributed by atoms with van der Waals surface area (Å²) < 4.78 is 0. The molecule has 0 rings (SSSR count). The molecule has 1 N–H and O–H groups in total. The van der Waals surface area contributed by atoms with Gasteiger partial charge in [-0.05, 0) is 19.3 Å². The molecule has 0 aromatic heterocycles. The molecule has 0 saturated carbocycles. The molecule has 0 radical (unpaired) electrons. The topological polar surface area (TPSA) is 20.2 Å². The summed E-state index contributed by atoms with van der Waals surface area (Å²) in [7, 11) is 4.00. The highest BCUT2D eigenvalue weighted by molar-refractivity contribution is 8.76. The highest BCUT2D eigenvalue weighted by atomic mass is 33.1. The summed E-state index contributed by atoms with van der Waals surface area (Å²) in [6.07, 6.45) is 19.3. The molecule has 0 unspecified atom stereocenters. The third kappa shape index (κ3) is 20.7. The van der Waals surface area contributed by atoms with Gasteiger partial charge in [0, 0.05) is 18.1 Å². The molecule has 3 heteroatoms. The van der Waals surface area contributed by atoms with Crippen molar-refractivity contribution in [1.82, 2.24) is 0 Å². The van der Waals surface area contributed by atoms with Gasteiger partial charge < -0.3 is 5.11 Å². The van der Waals surface area contributed by atoms with Crippen LogP contribution in [0.25, 0.3) is 0 Å². The van der Waals surface area contributed by atoms with Crippen molar-refractivity contribution >= 4 is 21.6 Å². The fourth-order valence-corrected chi connectivity index (χ4v) is 4.69. The van der Waals surface area contributed by atoms with Crippen molar-refractivity contribution in [1.29, 1.82) is 0 Å². The summed E-state index contributed by atoms with van der Waals surface area (Å²) >= 11 is 0. The number of hydrogen-bond donors (Lipinski definition) is 1. The van der Waals surface area contributed by atoms with E-state index < -0.39 is 0 Å². The molecule has 21 heavy (non-hydrogen) atoms. The van der Waals surface area contributed by atoms with E-state index in [1.54, 1.807) is 0 Å². The molecule has 0 aromatic rings. The molecular weight excluding hydrogens is 296 g/mol. The van der Waals surface area contributed by atoms with E-state index in [2.05, 4.69) is 6.92 Å². The first-order valence-electron chi connectivity index (χ1n) is 9.27. The summed E-state index contributed by atoms with van der Waals surface area (Å²) in [4.78, 5) is 0. The standard InChI is InChI=1S/C18H38OS2/c1-2-3-4-5-6-7-8-9-10-11-12-14-17-20-21-18-15-13-16-19/h19H,2-18H2,1H3. The molecule has 0 aliphatic carbocycles. The molecule has 0 aliphatic heterocycles. The molecule has 0 aromatic carbocycles. The molecule has 0 aliphatic rings. The third-order valence-corrected chi connectivity index (χ3v) is 6.38. The maximum absolute atomic E-state index is 8.68. The van der Waals surface area contributed by atoms with Crippen molar-refractivity contribution in [3.05, 3.63) is 0 Å². The molecule has 0 heterocycles. The Morgan fingerprint density at radius 3 is 1.33 bits per heavy atom. The minimum absolute atomic E-state index is 0.351. The third-order valence-electron chi connectivity index (χ3n) is 3.80. The Morgan fingerprint density at radius 2 is 0.905 bits per heavy atom. The number of aliphatic hydroxyl groups excluding tert-OH is 1. The van der Waals surface area contributed by atoms with Gasteiger partial charge in [0.15, 0.2) is 0 Å². The van der Waals surface area contributed by atoms with Gasteiger partial charge in [0.05, 0.1) is 0 Å². The van der Waals surface area contributed by atoms with E-state index in [0.717, 1.165) is 12.8 Å². The monoisotopic (exact) mass is 334 g/mol. The molecule has 1 nitrogen and oxygen atoms in total. The quantitative estimate of drug-likeness (QED) is 0.219. The summed E-state index contributed by atoms with van der Waals surface area (Å²) in [5.41, 5.74) is 0. The largest absolute Gasteiger partial charge is 0.396 e. The number of rotatable bonds is 18. The van der Waals surface area contributed by atoms with Crippen LogP contribution in [0.1, 0.15) is 96.8 Å². The lowest BCUT2D eigenvalue weighted by Crippen LogP contribution is -1.85. The van der Waals surface area contributed by atoms with E-state index in [-0.39, 0.29) is 0 Å². The second-order valence-electron chi connectivity index (χ2n) is 5.96. The maximum Gasteiger partial charge on any atom is 0.0431 e. The SMILES string of the molecule is CCCCCCCCCCCCCCSSCCCCO. The van der Waals surface area contributed by atoms with Gasteiger partial charge in [-0.15, -0.1) is 0 Å². The lowest BCUT2D eigenvalue weighted by Gasteiger charge is -2.03. The average molecular weight is 335 g/mol. The van der Waals surface area contributed by atoms with Crippen molar-refractivity contribution in [2.75, 3.05) is 18.1 Å². The Bertz CT molecular complexity index is 159. The molecule has 0 bridgehead atoms. The van der Waals surface area contributed by atoms with Crippen LogP contribution < -0.4 is 0 Å². The Kier molecular flexibility index (Phi) is 21.3. The highest BCUT2D eigenvalue weighted by Crippen LogP contribution is 2.24. The molecule has 0 atom stereocenters. The van der Waals surface area contributed by atoms with Crippen LogP contribution in [-0.2, 0) is 0 Å². The summed E-state index contributed by atoms with van der Waals surface area (Å²) in [5, 5.41) is 8.68. The Morgan fingerprint density at radius 1 is 0.524 bits per heavy atom. The van der Waals surface area contributed by atoms with Gasteiger partial charge in [0.1, 0.15) is 0 Å². The second-order valence-corrected chi connectivity index (χ2v) is 8.67. The number of aliphatic hydroxyl groups is 1. The highest BCUT2D eigenvalue weighted by Gasteiger charge is 1.95. The smallest absolute Gasteiger partial charge is 0.0431 e. The number of hydrogen-bond acceptors (Lipinski definition) is 3. The zero-order chi connectivity index (χ0) is 15.4. The van der Waals surface area contributed by atoms with Gasteiger partial charge in [-0.3, -0.25) is 0 Å². The first-order valence-corrected chi connectivity index (χ1v) is 11.8. The van der Waals surface area contributed by atoms with Crippen LogP contribution in [0.3, 0.4) is 0 Å². The van der Waals surface area contributed by atoms with Crippen LogP contribution in [0.2, 0.25) is 0 Å². The van der Waals surface area contributed by atoms with Crippen LogP contribution in [0.5, 0.6) is 0 Å². The minimum Gasteiger partial charge on any atom is -0.396 e. The van der Waals surface area contributed by atoms with E-state index in [0.29, 0.717) is 6.61 Å². The lowest BCUT2D eigenvalue weighted by molar-refractivity contribution is 0.287. The van der Waals surface area contributed by atoms with Gasteiger partial charge in [-0.25, -0.2) is 0 Å².